The van der Waals surface area contributed by atoms with Gasteiger partial charge in [0.05, 0.1) is 11.1 Å². The van der Waals surface area contributed by atoms with Gasteiger partial charge in [-0.15, -0.1) is 0 Å². The normalized spacial score (nSPS) is 16.4. The Balaban J connectivity index is 1.19. The van der Waals surface area contributed by atoms with Crippen molar-refractivity contribution in [3.05, 3.63) is 209 Å². The summed E-state index contributed by atoms with van der Waals surface area (Å²) in [5, 5.41) is 6.11. The second-order valence-electron chi connectivity index (χ2n) is 13.5. The van der Waals surface area contributed by atoms with Crippen molar-refractivity contribution in [3.8, 4) is 22.3 Å². The van der Waals surface area contributed by atoms with Gasteiger partial charge in [0.2, 0.25) is 0 Å². The Morgan fingerprint density at radius 1 is 0.520 bits per heavy atom. The molecule has 1 aromatic heterocycles. The molecule has 1 N–H and O–H groups in total. The van der Waals surface area contributed by atoms with Crippen molar-refractivity contribution in [2.75, 3.05) is 0 Å². The number of nitrogens with one attached hydrogen (secondary N) is 1. The minimum absolute atomic E-state index is 0.283. The second kappa shape index (κ2) is 10.3. The van der Waals surface area contributed by atoms with E-state index >= 15 is 0 Å². The molecule has 1 aliphatic heterocycles. The van der Waals surface area contributed by atoms with Gasteiger partial charge in [-0.2, -0.15) is 0 Å². The van der Waals surface area contributed by atoms with Gasteiger partial charge in [0.25, 0.3) is 0 Å². The van der Waals surface area contributed by atoms with Gasteiger partial charge in [0, 0.05) is 22.0 Å². The lowest BCUT2D eigenvalue weighted by Crippen LogP contribution is -2.27. The second-order valence-corrected chi connectivity index (χ2v) is 13.5. The average molecular weight is 639 g/mol. The number of aliphatic imine (C=N–C) groups is 1. The largest absolute Gasteiger partial charge is 0.455 e. The molecule has 3 heteroatoms. The first kappa shape index (κ1) is 27.5. The number of furan rings is 1. The van der Waals surface area contributed by atoms with Crippen molar-refractivity contribution in [3.63, 3.8) is 0 Å². The first-order valence-electron chi connectivity index (χ1n) is 17.2. The Bertz CT molecular complexity index is 2690. The Kier molecular flexibility index (Phi) is 5.65. The maximum atomic E-state index is 6.76. The fourth-order valence-corrected chi connectivity index (χ4v) is 8.83. The molecule has 1 unspecified atom stereocenters. The van der Waals surface area contributed by atoms with Gasteiger partial charge in [0.1, 0.15) is 17.3 Å². The number of nitrogens with zero attached hydrogens (tertiary/aromatic N) is 1. The number of rotatable bonds is 3. The zero-order valence-corrected chi connectivity index (χ0v) is 27.1. The summed E-state index contributed by atoms with van der Waals surface area (Å²) in [5.74, 6) is 0. The highest BCUT2D eigenvalue weighted by molar-refractivity contribution is 6.14. The molecule has 2 heterocycles. The monoisotopic (exact) mass is 638 g/mol. The van der Waals surface area contributed by atoms with Gasteiger partial charge in [-0.25, -0.2) is 0 Å². The lowest BCUT2D eigenvalue weighted by atomic mass is 9.70. The summed E-state index contributed by atoms with van der Waals surface area (Å²) in [5.41, 5.74) is 16.9. The number of benzene rings is 7. The van der Waals surface area contributed by atoms with E-state index in [0.717, 1.165) is 50.0 Å². The fourth-order valence-electron chi connectivity index (χ4n) is 8.83. The summed E-state index contributed by atoms with van der Waals surface area (Å²) in [4.78, 5) is 5.37. The zero-order valence-electron chi connectivity index (χ0n) is 27.1. The van der Waals surface area contributed by atoms with E-state index in [-0.39, 0.29) is 6.17 Å². The molecule has 1 atom stereocenters. The minimum atomic E-state index is -0.500. The first-order valence-corrected chi connectivity index (χ1v) is 17.2. The molecule has 8 aromatic rings. The fraction of sp³-hybridized carbons (Fsp3) is 0.0426. The average Bonchev–Trinajstić information content (AvgIpc) is 3.82. The van der Waals surface area contributed by atoms with E-state index in [2.05, 4.69) is 175 Å². The Labute approximate surface area is 289 Å². The number of fused-ring (bicyclic) bond motifs is 14. The molecule has 0 bridgehead atoms. The number of hydrogen-bond acceptors (Lipinski definition) is 3. The van der Waals surface area contributed by atoms with Crippen molar-refractivity contribution >= 4 is 33.3 Å². The third-order valence-electron chi connectivity index (χ3n) is 10.9. The third-order valence-corrected chi connectivity index (χ3v) is 10.9. The molecule has 0 amide bonds. The van der Waals surface area contributed by atoms with Gasteiger partial charge in [-0.05, 0) is 73.8 Å². The number of para-hydroxylation sites is 1. The summed E-state index contributed by atoms with van der Waals surface area (Å²) in [7, 11) is 0. The van der Waals surface area contributed by atoms with Gasteiger partial charge in [0.15, 0.2) is 0 Å². The van der Waals surface area contributed by atoms with E-state index in [1.54, 1.807) is 0 Å². The SMILES string of the molecule is C1=C(c2ccccc2)NC(c2ccc3c(c2)C2(c4ccccc4-c4ccccc42)c2ccc4c(oc5ccccc54)c2-3)N=C1c1ccccc1. The molecular weight excluding hydrogens is 609 g/mol. The molecule has 0 fully saturated rings. The van der Waals surface area contributed by atoms with Crippen molar-refractivity contribution in [2.45, 2.75) is 11.6 Å². The van der Waals surface area contributed by atoms with E-state index in [1.165, 1.54) is 44.5 Å². The highest BCUT2D eigenvalue weighted by Gasteiger charge is 2.52. The molecule has 1 spiro atoms. The van der Waals surface area contributed by atoms with Crippen molar-refractivity contribution < 1.29 is 4.42 Å². The molecule has 0 saturated heterocycles. The third kappa shape index (κ3) is 3.66. The number of hydrogen-bond donors (Lipinski definition) is 1. The molecule has 3 nitrogen and oxygen atoms in total. The quantitative estimate of drug-likeness (QED) is 0.209. The number of allylic oxidation sites excluding steroid dienone is 1. The standard InChI is InChI=1S/C47H30N2O/c1-3-13-29(14-4-1)41-28-42(30-15-5-2-6-16-30)49-46(48-41)31-23-24-36-40(27-31)47(37-20-10-7-17-32(37)33-18-8-11-21-38(33)47)39-26-25-35-34-19-9-12-22-43(34)50-45(35)44(36)39/h1-28,46,48H. The van der Waals surface area contributed by atoms with E-state index < -0.39 is 5.41 Å². The van der Waals surface area contributed by atoms with Crippen LogP contribution >= 0.6 is 0 Å². The lowest BCUT2D eigenvalue weighted by molar-refractivity contribution is 0.661. The van der Waals surface area contributed by atoms with Crippen LogP contribution in [-0.2, 0) is 5.41 Å². The summed E-state index contributed by atoms with van der Waals surface area (Å²) in [6, 6.07) is 58.9. The van der Waals surface area contributed by atoms with Crippen LogP contribution in [0.1, 0.15) is 45.1 Å². The highest BCUT2D eigenvalue weighted by atomic mass is 16.3. The smallest absolute Gasteiger partial charge is 0.145 e. The Morgan fingerprint density at radius 3 is 1.94 bits per heavy atom. The van der Waals surface area contributed by atoms with Gasteiger partial charge < -0.3 is 9.73 Å². The van der Waals surface area contributed by atoms with Gasteiger partial charge >= 0.3 is 0 Å². The molecule has 0 saturated carbocycles. The van der Waals surface area contributed by atoms with Crippen LogP contribution in [0.4, 0.5) is 0 Å². The summed E-state index contributed by atoms with van der Waals surface area (Å²) in [6.07, 6.45) is 1.89. The predicted molar refractivity (Wildman–Crippen MR) is 203 cm³/mol. The van der Waals surface area contributed by atoms with E-state index in [0.29, 0.717) is 0 Å². The lowest BCUT2D eigenvalue weighted by Gasteiger charge is -2.31. The Morgan fingerprint density at radius 2 is 1.18 bits per heavy atom. The van der Waals surface area contributed by atoms with E-state index in [1.807, 2.05) is 0 Å². The van der Waals surface area contributed by atoms with Crippen LogP contribution in [0.25, 0.3) is 49.9 Å². The van der Waals surface area contributed by atoms with Crippen molar-refractivity contribution in [1.29, 1.82) is 0 Å². The highest BCUT2D eigenvalue weighted by Crippen LogP contribution is 2.64. The minimum Gasteiger partial charge on any atom is -0.455 e. The summed E-state index contributed by atoms with van der Waals surface area (Å²) >= 11 is 0. The van der Waals surface area contributed by atoms with E-state index in [4.69, 9.17) is 9.41 Å². The van der Waals surface area contributed by atoms with Crippen LogP contribution in [0.2, 0.25) is 0 Å². The maximum absolute atomic E-state index is 6.76. The molecular formula is C47H30N2O. The van der Waals surface area contributed by atoms with Crippen LogP contribution in [0.3, 0.4) is 0 Å². The van der Waals surface area contributed by atoms with E-state index in [9.17, 15) is 0 Å². The van der Waals surface area contributed by atoms with Crippen LogP contribution < -0.4 is 5.32 Å². The van der Waals surface area contributed by atoms with Crippen molar-refractivity contribution in [2.24, 2.45) is 4.99 Å². The van der Waals surface area contributed by atoms with Crippen LogP contribution in [-0.4, -0.2) is 5.71 Å². The predicted octanol–water partition coefficient (Wildman–Crippen LogP) is 11.1. The summed E-state index contributed by atoms with van der Waals surface area (Å²) in [6.45, 7) is 0. The van der Waals surface area contributed by atoms with Gasteiger partial charge in [-0.3, -0.25) is 4.99 Å². The van der Waals surface area contributed by atoms with Gasteiger partial charge in [-0.1, -0.05) is 152 Å². The van der Waals surface area contributed by atoms with Crippen LogP contribution in [0, 0.1) is 0 Å². The molecule has 2 aliphatic carbocycles. The summed E-state index contributed by atoms with van der Waals surface area (Å²) < 4.78 is 6.76. The topological polar surface area (TPSA) is 37.5 Å². The molecule has 50 heavy (non-hydrogen) atoms. The first-order chi connectivity index (χ1) is 24.8. The molecule has 0 radical (unpaired) electrons. The molecule has 11 rings (SSSR count). The molecule has 3 aliphatic rings. The zero-order chi connectivity index (χ0) is 32.8. The van der Waals surface area contributed by atoms with Crippen molar-refractivity contribution in [1.82, 2.24) is 5.32 Å². The Hall–Kier alpha value is -6.45. The van der Waals surface area contributed by atoms with Crippen LogP contribution in [0.5, 0.6) is 0 Å². The molecule has 7 aromatic carbocycles. The maximum Gasteiger partial charge on any atom is 0.145 e. The molecule has 234 valence electrons. The van der Waals surface area contributed by atoms with Crippen LogP contribution in [0.15, 0.2) is 179 Å².